The number of carbonyl (C=O) groups is 2. The van der Waals surface area contributed by atoms with Crippen molar-refractivity contribution in [3.05, 3.63) is 29.8 Å². The quantitative estimate of drug-likeness (QED) is 0.745. The third-order valence-electron chi connectivity index (χ3n) is 2.54. The molecule has 1 rings (SSSR count). The van der Waals surface area contributed by atoms with Gasteiger partial charge in [-0.15, -0.1) is 0 Å². The Hall–Kier alpha value is -2.09. The number of hydrogen-bond donors (Lipinski definition) is 2. The van der Waals surface area contributed by atoms with Crippen LogP contribution in [0.2, 0.25) is 0 Å². The maximum atomic E-state index is 11.9. The van der Waals surface area contributed by atoms with Gasteiger partial charge in [-0.2, -0.15) is 0 Å². The number of methoxy groups -OCH3 is 1. The molecule has 0 aromatic heterocycles. The number of nitrogens with one attached hydrogen (secondary N) is 1. The lowest BCUT2D eigenvalue weighted by Crippen LogP contribution is -2.33. The number of aliphatic carboxylic acids is 1. The predicted molar refractivity (Wildman–Crippen MR) is 71.8 cm³/mol. The van der Waals surface area contributed by atoms with Gasteiger partial charge in [0.1, 0.15) is 0 Å². The van der Waals surface area contributed by atoms with Crippen molar-refractivity contribution >= 4 is 27.6 Å². The summed E-state index contributed by atoms with van der Waals surface area (Å²) in [5.41, 5.74) is 0.642. The van der Waals surface area contributed by atoms with Crippen LogP contribution in [0.4, 0.5) is 5.69 Å². The van der Waals surface area contributed by atoms with Crippen LogP contribution in [-0.2, 0) is 30.8 Å². The fourth-order valence-electron chi connectivity index (χ4n) is 1.46. The van der Waals surface area contributed by atoms with Crippen molar-refractivity contribution in [3.8, 4) is 0 Å². The summed E-state index contributed by atoms with van der Waals surface area (Å²) in [4.78, 5) is 21.8. The van der Waals surface area contributed by atoms with Gasteiger partial charge >= 0.3 is 11.9 Å². The second-order valence-electron chi connectivity index (χ2n) is 4.08. The van der Waals surface area contributed by atoms with Gasteiger partial charge in [0.05, 0.1) is 13.5 Å². The Morgan fingerprint density at radius 3 is 2.60 bits per heavy atom. The molecule has 20 heavy (non-hydrogen) atoms. The molecule has 7 nitrogen and oxygen atoms in total. The third kappa shape index (κ3) is 4.23. The zero-order valence-electron chi connectivity index (χ0n) is 11.0. The first kappa shape index (κ1) is 16.0. The molecule has 1 atom stereocenters. The van der Waals surface area contributed by atoms with E-state index in [0.29, 0.717) is 5.56 Å². The first-order valence-corrected chi connectivity index (χ1v) is 7.21. The van der Waals surface area contributed by atoms with Crippen LogP contribution in [0, 0.1) is 0 Å². The van der Waals surface area contributed by atoms with Crippen LogP contribution < -0.4 is 4.72 Å². The zero-order valence-corrected chi connectivity index (χ0v) is 11.8. The summed E-state index contributed by atoms with van der Waals surface area (Å²) in [6.45, 7) is 1.20. The monoisotopic (exact) mass is 301 g/mol. The number of carboxylic acids is 1. The van der Waals surface area contributed by atoms with E-state index in [9.17, 15) is 18.0 Å². The Morgan fingerprint density at radius 2 is 2.05 bits per heavy atom. The molecule has 110 valence electrons. The number of benzene rings is 1. The topological polar surface area (TPSA) is 110 Å². The molecule has 0 spiro atoms. The fraction of sp³-hybridized carbons (Fsp3) is 0.333. The highest BCUT2D eigenvalue weighted by Gasteiger charge is 2.28. The summed E-state index contributed by atoms with van der Waals surface area (Å²) in [5.74, 6) is -1.90. The largest absolute Gasteiger partial charge is 0.481 e. The third-order valence-corrected chi connectivity index (χ3v) is 4.18. The van der Waals surface area contributed by atoms with Crippen LogP contribution in [0.5, 0.6) is 0 Å². The van der Waals surface area contributed by atoms with Crippen molar-refractivity contribution in [2.24, 2.45) is 0 Å². The van der Waals surface area contributed by atoms with Crippen LogP contribution in [0.1, 0.15) is 12.5 Å². The Kier molecular flexibility index (Phi) is 5.09. The normalized spacial score (nSPS) is 12.5. The van der Waals surface area contributed by atoms with Gasteiger partial charge < -0.3 is 9.84 Å². The molecule has 0 amide bonds. The van der Waals surface area contributed by atoms with Crippen LogP contribution >= 0.6 is 0 Å². The lowest BCUT2D eigenvalue weighted by atomic mass is 10.1. The maximum absolute atomic E-state index is 11.9. The average Bonchev–Trinajstić information content (AvgIpc) is 2.36. The molecular formula is C12H15NO6S. The molecule has 0 heterocycles. The molecule has 0 aliphatic rings. The molecule has 0 saturated heterocycles. The first-order valence-electron chi connectivity index (χ1n) is 5.66. The number of carboxylic acid groups (broad SMARTS) is 1. The minimum Gasteiger partial charge on any atom is -0.481 e. The Balaban J connectivity index is 2.92. The van der Waals surface area contributed by atoms with E-state index in [1.54, 1.807) is 6.07 Å². The smallest absolute Gasteiger partial charge is 0.325 e. The predicted octanol–water partition coefficient (Wildman–Crippen LogP) is 0.617. The van der Waals surface area contributed by atoms with Crippen LogP contribution in [0.15, 0.2) is 24.3 Å². The Bertz CT molecular complexity index is 610. The Labute approximate surface area is 116 Å². The number of rotatable bonds is 6. The molecule has 0 radical (unpaired) electrons. The molecule has 0 saturated carbocycles. The molecule has 8 heteroatoms. The standard InChI is InChI=1S/C12H15NO6S/c1-8(12(16)19-2)20(17,18)13-10-5-3-4-9(6-10)7-11(14)15/h3-6,8,13H,7H2,1-2H3,(H,14,15). The van der Waals surface area contributed by atoms with Crippen LogP contribution in [0.25, 0.3) is 0 Å². The summed E-state index contributed by atoms with van der Waals surface area (Å²) in [6.07, 6.45) is -0.220. The highest BCUT2D eigenvalue weighted by Crippen LogP contribution is 2.15. The minimum atomic E-state index is -3.94. The van der Waals surface area contributed by atoms with Gasteiger partial charge in [0.15, 0.2) is 5.25 Å². The lowest BCUT2D eigenvalue weighted by Gasteiger charge is -2.13. The average molecular weight is 301 g/mol. The van der Waals surface area contributed by atoms with Crippen LogP contribution in [-0.4, -0.2) is 37.8 Å². The number of sulfonamides is 1. The van der Waals surface area contributed by atoms with E-state index in [1.165, 1.54) is 25.1 Å². The van der Waals surface area contributed by atoms with Crippen molar-refractivity contribution in [3.63, 3.8) is 0 Å². The number of carbonyl (C=O) groups excluding carboxylic acids is 1. The second kappa shape index (κ2) is 6.38. The molecule has 2 N–H and O–H groups in total. The molecule has 0 fully saturated rings. The zero-order chi connectivity index (χ0) is 15.3. The van der Waals surface area contributed by atoms with Crippen molar-refractivity contribution in [1.82, 2.24) is 0 Å². The number of anilines is 1. The minimum absolute atomic E-state index is 0.194. The second-order valence-corrected chi connectivity index (χ2v) is 6.08. The van der Waals surface area contributed by atoms with E-state index in [1.807, 2.05) is 0 Å². The Morgan fingerprint density at radius 1 is 1.40 bits per heavy atom. The summed E-state index contributed by atoms with van der Waals surface area (Å²) in [5, 5.41) is 7.32. The van der Waals surface area contributed by atoms with E-state index in [2.05, 4.69) is 9.46 Å². The molecule has 0 bridgehead atoms. The number of esters is 1. The highest BCUT2D eigenvalue weighted by atomic mass is 32.2. The lowest BCUT2D eigenvalue weighted by molar-refractivity contribution is -0.140. The maximum Gasteiger partial charge on any atom is 0.325 e. The SMILES string of the molecule is COC(=O)C(C)S(=O)(=O)Nc1cccc(CC(=O)O)c1. The number of hydrogen-bond acceptors (Lipinski definition) is 5. The summed E-state index contributed by atoms with van der Waals surface area (Å²) >= 11 is 0. The summed E-state index contributed by atoms with van der Waals surface area (Å²) in [7, 11) is -2.84. The van der Waals surface area contributed by atoms with Gasteiger partial charge in [0.25, 0.3) is 0 Å². The van der Waals surface area contributed by atoms with Crippen molar-refractivity contribution in [1.29, 1.82) is 0 Å². The van der Waals surface area contributed by atoms with E-state index in [4.69, 9.17) is 5.11 Å². The van der Waals surface area contributed by atoms with E-state index in [-0.39, 0.29) is 12.1 Å². The first-order chi connectivity index (χ1) is 9.26. The van der Waals surface area contributed by atoms with E-state index in [0.717, 1.165) is 7.11 Å². The molecular weight excluding hydrogens is 286 g/mol. The van der Waals surface area contributed by atoms with Gasteiger partial charge in [0, 0.05) is 5.69 Å². The molecule has 1 aromatic carbocycles. The van der Waals surface area contributed by atoms with Crippen LogP contribution in [0.3, 0.4) is 0 Å². The van der Waals surface area contributed by atoms with Crippen molar-refractivity contribution in [2.75, 3.05) is 11.8 Å². The van der Waals surface area contributed by atoms with Crippen molar-refractivity contribution < 1.29 is 27.9 Å². The summed E-state index contributed by atoms with van der Waals surface area (Å²) < 4.78 is 30.4. The van der Waals surface area contributed by atoms with E-state index < -0.39 is 27.2 Å². The van der Waals surface area contributed by atoms with Gasteiger partial charge in [-0.25, -0.2) is 8.42 Å². The van der Waals surface area contributed by atoms with Crippen molar-refractivity contribution in [2.45, 2.75) is 18.6 Å². The fourth-order valence-corrected chi connectivity index (χ4v) is 2.45. The van der Waals surface area contributed by atoms with Gasteiger partial charge in [0.2, 0.25) is 10.0 Å². The molecule has 1 unspecified atom stereocenters. The van der Waals surface area contributed by atoms with Gasteiger partial charge in [-0.3, -0.25) is 14.3 Å². The molecule has 1 aromatic rings. The van der Waals surface area contributed by atoms with E-state index >= 15 is 0 Å². The molecule has 0 aliphatic heterocycles. The van der Waals surface area contributed by atoms with Gasteiger partial charge in [-0.1, -0.05) is 12.1 Å². The number of ether oxygens (including phenoxy) is 1. The van der Waals surface area contributed by atoms with Gasteiger partial charge in [-0.05, 0) is 24.6 Å². The molecule has 0 aliphatic carbocycles. The summed E-state index contributed by atoms with van der Waals surface area (Å²) in [6, 6.07) is 5.96. The highest BCUT2D eigenvalue weighted by molar-refractivity contribution is 7.94.